The molecule has 1 aliphatic rings. The number of amides is 1. The Morgan fingerprint density at radius 2 is 1.90 bits per heavy atom. The van der Waals surface area contributed by atoms with E-state index in [-0.39, 0.29) is 11.7 Å². The lowest BCUT2D eigenvalue weighted by Crippen LogP contribution is -2.21. The standard InChI is InChI=1S/C17H18FNOS/c18-14-8-6-12(7-9-14)11-19-17(20)16-10-13-4-2-1-3-5-15(13)21-16/h6-10H,1-5,11H2,(H,19,20). The van der Waals surface area contributed by atoms with Crippen LogP contribution >= 0.6 is 11.3 Å². The highest BCUT2D eigenvalue weighted by Crippen LogP contribution is 2.28. The molecule has 110 valence electrons. The summed E-state index contributed by atoms with van der Waals surface area (Å²) in [5.74, 6) is -0.288. The van der Waals surface area contributed by atoms with Crippen LogP contribution in [0, 0.1) is 5.82 Å². The molecule has 0 spiro atoms. The van der Waals surface area contributed by atoms with Crippen LogP contribution in [0.2, 0.25) is 0 Å². The van der Waals surface area contributed by atoms with Crippen LogP contribution in [-0.2, 0) is 19.4 Å². The van der Waals surface area contributed by atoms with Crippen LogP contribution in [0.4, 0.5) is 4.39 Å². The van der Waals surface area contributed by atoms with E-state index in [1.807, 2.05) is 6.07 Å². The average Bonchev–Trinajstić information content (AvgIpc) is 2.78. The number of fused-ring (bicyclic) bond motifs is 1. The number of carbonyl (C=O) groups is 1. The number of thiophene rings is 1. The van der Waals surface area contributed by atoms with E-state index in [2.05, 4.69) is 5.32 Å². The first-order chi connectivity index (χ1) is 10.2. The van der Waals surface area contributed by atoms with Crippen LogP contribution in [0.15, 0.2) is 30.3 Å². The van der Waals surface area contributed by atoms with Gasteiger partial charge in [0.05, 0.1) is 4.88 Å². The molecule has 0 saturated heterocycles. The topological polar surface area (TPSA) is 29.1 Å². The Hall–Kier alpha value is -1.68. The summed E-state index contributed by atoms with van der Waals surface area (Å²) in [6, 6.07) is 8.26. The van der Waals surface area contributed by atoms with Gasteiger partial charge in [-0.15, -0.1) is 11.3 Å². The molecule has 1 aromatic heterocycles. The minimum Gasteiger partial charge on any atom is -0.347 e. The fourth-order valence-electron chi connectivity index (χ4n) is 2.65. The largest absolute Gasteiger partial charge is 0.347 e. The summed E-state index contributed by atoms with van der Waals surface area (Å²) in [5, 5.41) is 2.91. The molecule has 1 amide bonds. The Bertz CT molecular complexity index is 609. The third kappa shape index (κ3) is 3.50. The van der Waals surface area contributed by atoms with Crippen molar-refractivity contribution in [3.8, 4) is 0 Å². The van der Waals surface area contributed by atoms with Gasteiger partial charge in [-0.05, 0) is 55.0 Å². The van der Waals surface area contributed by atoms with Crippen molar-refractivity contribution in [2.45, 2.75) is 38.6 Å². The molecular formula is C17H18FNOS. The van der Waals surface area contributed by atoms with Gasteiger partial charge in [-0.25, -0.2) is 4.39 Å². The number of nitrogens with one attached hydrogen (secondary N) is 1. The van der Waals surface area contributed by atoms with E-state index in [0.29, 0.717) is 6.54 Å². The predicted molar refractivity (Wildman–Crippen MR) is 83.1 cm³/mol. The summed E-state index contributed by atoms with van der Waals surface area (Å²) < 4.78 is 12.8. The molecule has 1 aromatic carbocycles. The molecule has 0 aliphatic heterocycles. The molecule has 2 nitrogen and oxygen atoms in total. The molecule has 3 rings (SSSR count). The number of hydrogen-bond acceptors (Lipinski definition) is 2. The van der Waals surface area contributed by atoms with Gasteiger partial charge in [-0.1, -0.05) is 18.6 Å². The fraction of sp³-hybridized carbons (Fsp3) is 0.353. The number of carbonyl (C=O) groups excluding carboxylic acids is 1. The molecule has 1 N–H and O–H groups in total. The fourth-order valence-corrected chi connectivity index (χ4v) is 3.82. The van der Waals surface area contributed by atoms with Crippen molar-refractivity contribution in [1.29, 1.82) is 0 Å². The molecule has 0 bridgehead atoms. The number of benzene rings is 1. The summed E-state index contributed by atoms with van der Waals surface area (Å²) >= 11 is 1.62. The van der Waals surface area contributed by atoms with Crippen molar-refractivity contribution in [2.24, 2.45) is 0 Å². The van der Waals surface area contributed by atoms with Gasteiger partial charge in [0, 0.05) is 11.4 Å². The van der Waals surface area contributed by atoms with E-state index in [4.69, 9.17) is 0 Å². The second-order valence-corrected chi connectivity index (χ2v) is 6.57. The van der Waals surface area contributed by atoms with Crippen molar-refractivity contribution >= 4 is 17.2 Å². The SMILES string of the molecule is O=C(NCc1ccc(F)cc1)c1cc2c(s1)CCCCC2. The Morgan fingerprint density at radius 3 is 2.71 bits per heavy atom. The minimum absolute atomic E-state index is 0.0302. The number of halogens is 1. The van der Waals surface area contributed by atoms with Crippen LogP contribution < -0.4 is 5.32 Å². The summed E-state index contributed by atoms with van der Waals surface area (Å²) in [7, 11) is 0. The van der Waals surface area contributed by atoms with Crippen LogP contribution in [0.1, 0.15) is 44.9 Å². The van der Waals surface area contributed by atoms with Gasteiger partial charge in [-0.3, -0.25) is 4.79 Å². The lowest BCUT2D eigenvalue weighted by molar-refractivity contribution is 0.0955. The maximum atomic E-state index is 12.8. The lowest BCUT2D eigenvalue weighted by Gasteiger charge is -2.03. The van der Waals surface area contributed by atoms with Crippen LogP contribution in [0.3, 0.4) is 0 Å². The highest BCUT2D eigenvalue weighted by atomic mass is 32.1. The quantitative estimate of drug-likeness (QED) is 0.850. The average molecular weight is 303 g/mol. The molecule has 0 atom stereocenters. The molecule has 4 heteroatoms. The molecule has 21 heavy (non-hydrogen) atoms. The smallest absolute Gasteiger partial charge is 0.261 e. The zero-order valence-electron chi connectivity index (χ0n) is 11.8. The van der Waals surface area contributed by atoms with Crippen molar-refractivity contribution < 1.29 is 9.18 Å². The lowest BCUT2D eigenvalue weighted by atomic mass is 10.1. The Labute approximate surface area is 128 Å². The number of rotatable bonds is 3. The van der Waals surface area contributed by atoms with Crippen LogP contribution in [0.25, 0.3) is 0 Å². The van der Waals surface area contributed by atoms with Crippen LogP contribution in [0.5, 0.6) is 0 Å². The highest BCUT2D eigenvalue weighted by molar-refractivity contribution is 7.14. The highest BCUT2D eigenvalue weighted by Gasteiger charge is 2.16. The molecule has 0 fully saturated rings. The molecule has 1 heterocycles. The predicted octanol–water partition coefficient (Wildman–Crippen LogP) is 4.09. The van der Waals surface area contributed by atoms with Crippen LogP contribution in [-0.4, -0.2) is 5.91 Å². The normalized spacial score (nSPS) is 14.3. The van der Waals surface area contributed by atoms with E-state index in [9.17, 15) is 9.18 Å². The number of hydrogen-bond donors (Lipinski definition) is 1. The molecule has 0 unspecified atom stereocenters. The van der Waals surface area contributed by atoms with Gasteiger partial charge in [-0.2, -0.15) is 0 Å². The van der Waals surface area contributed by atoms with Crippen molar-refractivity contribution in [3.05, 3.63) is 57.0 Å². The van der Waals surface area contributed by atoms with E-state index in [1.54, 1.807) is 23.5 Å². The Morgan fingerprint density at radius 1 is 1.14 bits per heavy atom. The van der Waals surface area contributed by atoms with E-state index in [1.165, 1.54) is 41.8 Å². The molecule has 0 radical (unpaired) electrons. The summed E-state index contributed by atoms with van der Waals surface area (Å²) in [4.78, 5) is 14.4. The van der Waals surface area contributed by atoms with Crippen molar-refractivity contribution in [3.63, 3.8) is 0 Å². The van der Waals surface area contributed by atoms with E-state index in [0.717, 1.165) is 23.3 Å². The van der Waals surface area contributed by atoms with Gasteiger partial charge in [0.1, 0.15) is 5.82 Å². The second-order valence-electron chi connectivity index (χ2n) is 5.43. The molecule has 1 aliphatic carbocycles. The summed E-state index contributed by atoms with van der Waals surface area (Å²) in [5.41, 5.74) is 2.26. The van der Waals surface area contributed by atoms with Gasteiger partial charge in [0.2, 0.25) is 0 Å². The Kier molecular flexibility index (Phi) is 4.34. The first-order valence-electron chi connectivity index (χ1n) is 7.36. The zero-order chi connectivity index (χ0) is 14.7. The molecule has 2 aromatic rings. The third-order valence-electron chi connectivity index (χ3n) is 3.84. The Balaban J connectivity index is 1.64. The van der Waals surface area contributed by atoms with Crippen molar-refractivity contribution in [1.82, 2.24) is 5.32 Å². The summed E-state index contributed by atoms with van der Waals surface area (Å²) in [6.45, 7) is 0.432. The minimum atomic E-state index is -0.257. The molecule has 0 saturated carbocycles. The van der Waals surface area contributed by atoms with Gasteiger partial charge < -0.3 is 5.32 Å². The number of aryl methyl sites for hydroxylation is 2. The maximum absolute atomic E-state index is 12.8. The van der Waals surface area contributed by atoms with Crippen molar-refractivity contribution in [2.75, 3.05) is 0 Å². The maximum Gasteiger partial charge on any atom is 0.261 e. The second kappa shape index (κ2) is 6.39. The summed E-state index contributed by atoms with van der Waals surface area (Å²) in [6.07, 6.45) is 5.93. The van der Waals surface area contributed by atoms with Gasteiger partial charge in [0.15, 0.2) is 0 Å². The monoisotopic (exact) mass is 303 g/mol. The third-order valence-corrected chi connectivity index (χ3v) is 5.07. The van der Waals surface area contributed by atoms with E-state index >= 15 is 0 Å². The van der Waals surface area contributed by atoms with Gasteiger partial charge >= 0.3 is 0 Å². The first-order valence-corrected chi connectivity index (χ1v) is 8.18. The van der Waals surface area contributed by atoms with E-state index < -0.39 is 0 Å². The zero-order valence-corrected chi connectivity index (χ0v) is 12.6. The molecular weight excluding hydrogens is 285 g/mol. The van der Waals surface area contributed by atoms with Gasteiger partial charge in [0.25, 0.3) is 5.91 Å². The first kappa shape index (κ1) is 14.3.